The van der Waals surface area contributed by atoms with Crippen LogP contribution in [0.3, 0.4) is 0 Å². The smallest absolute Gasteiger partial charge is 0.103 e. The van der Waals surface area contributed by atoms with E-state index in [-0.39, 0.29) is 0 Å². The summed E-state index contributed by atoms with van der Waals surface area (Å²) in [4.78, 5) is 4.33. The minimum atomic E-state index is 0.551. The molecule has 0 amide bonds. The Morgan fingerprint density at radius 3 is 2.67 bits per heavy atom. The minimum Gasteiger partial charge on any atom is -0.354 e. The van der Waals surface area contributed by atoms with Gasteiger partial charge in [-0.05, 0) is 37.1 Å². The van der Waals surface area contributed by atoms with Crippen molar-refractivity contribution in [2.75, 3.05) is 5.32 Å². The van der Waals surface area contributed by atoms with Gasteiger partial charge >= 0.3 is 0 Å². The van der Waals surface area contributed by atoms with Crippen LogP contribution in [0, 0.1) is 25.2 Å². The Morgan fingerprint density at radius 1 is 1.05 bits per heavy atom. The van der Waals surface area contributed by atoms with Gasteiger partial charge in [-0.25, -0.2) is 0 Å². The number of nitrogens with zero attached hydrogens (tertiary/aromatic N) is 2. The molecule has 2 aromatic carbocycles. The molecule has 0 saturated carbocycles. The fourth-order valence-electron chi connectivity index (χ4n) is 2.38. The number of rotatable bonds is 2. The van der Waals surface area contributed by atoms with E-state index in [9.17, 15) is 5.26 Å². The molecule has 0 aliphatic carbocycles. The molecule has 0 radical (unpaired) electrons. The Morgan fingerprint density at radius 2 is 1.86 bits per heavy atom. The third-order valence-electron chi connectivity index (χ3n) is 3.76. The maximum Gasteiger partial charge on any atom is 0.103 e. The van der Waals surface area contributed by atoms with E-state index in [0.29, 0.717) is 5.56 Å². The molecule has 0 saturated heterocycles. The molecule has 0 bridgehead atoms. The second kappa shape index (κ2) is 5.26. The predicted molar refractivity (Wildman–Crippen MR) is 85.7 cm³/mol. The van der Waals surface area contributed by atoms with Gasteiger partial charge in [0.15, 0.2) is 0 Å². The molecule has 0 aliphatic rings. The molecule has 0 fully saturated rings. The summed E-state index contributed by atoms with van der Waals surface area (Å²) in [6.07, 6.45) is 1.62. The van der Waals surface area contributed by atoms with Crippen molar-refractivity contribution in [1.29, 1.82) is 5.26 Å². The number of aryl methyl sites for hydroxylation is 1. The Bertz CT molecular complexity index is 860. The van der Waals surface area contributed by atoms with Crippen molar-refractivity contribution >= 4 is 22.3 Å². The first kappa shape index (κ1) is 13.1. The molecule has 1 aromatic heterocycles. The lowest BCUT2D eigenvalue weighted by Crippen LogP contribution is -1.99. The van der Waals surface area contributed by atoms with Crippen LogP contribution in [0.25, 0.3) is 10.9 Å². The molecule has 3 rings (SSSR count). The van der Waals surface area contributed by atoms with Crippen molar-refractivity contribution in [3.8, 4) is 6.07 Å². The van der Waals surface area contributed by atoms with Crippen molar-refractivity contribution in [3.05, 3.63) is 65.4 Å². The fraction of sp³-hybridized carbons (Fsp3) is 0.111. The van der Waals surface area contributed by atoms with Crippen LogP contribution < -0.4 is 5.32 Å². The highest BCUT2D eigenvalue weighted by Gasteiger charge is 2.10. The minimum absolute atomic E-state index is 0.551. The van der Waals surface area contributed by atoms with Crippen LogP contribution in [0.1, 0.15) is 16.7 Å². The molecule has 3 heteroatoms. The van der Waals surface area contributed by atoms with Gasteiger partial charge in [0, 0.05) is 17.3 Å². The number of pyridine rings is 1. The Balaban J connectivity index is 2.20. The standard InChI is InChI=1S/C18H15N3/c1-12-6-5-9-16(13(12)2)21-18-14(10-19)11-20-17-8-4-3-7-15(17)18/h3-9,11H,1-2H3,(H,20,21). The van der Waals surface area contributed by atoms with Crippen molar-refractivity contribution < 1.29 is 0 Å². The first-order valence-electron chi connectivity index (χ1n) is 6.82. The number of nitrogens with one attached hydrogen (secondary N) is 1. The summed E-state index contributed by atoms with van der Waals surface area (Å²) in [7, 11) is 0. The largest absolute Gasteiger partial charge is 0.354 e. The van der Waals surface area contributed by atoms with E-state index in [2.05, 4.69) is 36.3 Å². The lowest BCUT2D eigenvalue weighted by molar-refractivity contribution is 1.32. The van der Waals surface area contributed by atoms with Gasteiger partial charge in [-0.2, -0.15) is 5.26 Å². The van der Waals surface area contributed by atoms with Crippen LogP contribution in [0.5, 0.6) is 0 Å². The summed E-state index contributed by atoms with van der Waals surface area (Å²) in [5, 5.41) is 13.7. The molecule has 0 aliphatic heterocycles. The second-order valence-corrected chi connectivity index (χ2v) is 5.05. The van der Waals surface area contributed by atoms with Crippen molar-refractivity contribution in [2.45, 2.75) is 13.8 Å². The Labute approximate surface area is 123 Å². The summed E-state index contributed by atoms with van der Waals surface area (Å²) in [5.41, 5.74) is 5.66. The van der Waals surface area contributed by atoms with Gasteiger partial charge in [0.2, 0.25) is 0 Å². The molecular formula is C18H15N3. The van der Waals surface area contributed by atoms with Crippen LogP contribution in [0.15, 0.2) is 48.7 Å². The number of anilines is 2. The van der Waals surface area contributed by atoms with Gasteiger partial charge in [0.1, 0.15) is 6.07 Å². The predicted octanol–water partition coefficient (Wildman–Crippen LogP) is 4.47. The SMILES string of the molecule is Cc1cccc(Nc2c(C#N)cnc3ccccc23)c1C. The highest BCUT2D eigenvalue weighted by atomic mass is 14.9. The van der Waals surface area contributed by atoms with E-state index in [4.69, 9.17) is 0 Å². The number of fused-ring (bicyclic) bond motifs is 1. The van der Waals surface area contributed by atoms with Crippen molar-refractivity contribution in [3.63, 3.8) is 0 Å². The van der Waals surface area contributed by atoms with Gasteiger partial charge in [-0.1, -0.05) is 30.3 Å². The molecule has 0 atom stereocenters. The van der Waals surface area contributed by atoms with Gasteiger partial charge in [-0.3, -0.25) is 4.98 Å². The molecular weight excluding hydrogens is 258 g/mol. The third kappa shape index (κ3) is 2.32. The average molecular weight is 273 g/mol. The number of hydrogen-bond donors (Lipinski definition) is 1. The van der Waals surface area contributed by atoms with E-state index < -0.39 is 0 Å². The monoisotopic (exact) mass is 273 g/mol. The molecule has 1 heterocycles. The Hall–Kier alpha value is -2.86. The lowest BCUT2D eigenvalue weighted by atomic mass is 10.1. The number of benzene rings is 2. The fourth-order valence-corrected chi connectivity index (χ4v) is 2.38. The quantitative estimate of drug-likeness (QED) is 0.749. The Kier molecular flexibility index (Phi) is 3.29. The van der Waals surface area contributed by atoms with Gasteiger partial charge in [0.05, 0.1) is 16.8 Å². The zero-order chi connectivity index (χ0) is 14.8. The highest BCUT2D eigenvalue weighted by Crippen LogP contribution is 2.30. The lowest BCUT2D eigenvalue weighted by Gasteiger charge is -2.14. The van der Waals surface area contributed by atoms with Crippen LogP contribution in [0.2, 0.25) is 0 Å². The molecule has 3 aromatic rings. The van der Waals surface area contributed by atoms with Crippen molar-refractivity contribution in [2.24, 2.45) is 0 Å². The van der Waals surface area contributed by atoms with E-state index in [1.54, 1.807) is 6.20 Å². The van der Waals surface area contributed by atoms with E-state index in [1.807, 2.05) is 36.4 Å². The summed E-state index contributed by atoms with van der Waals surface area (Å²) in [5.74, 6) is 0. The number of para-hydroxylation sites is 1. The first-order chi connectivity index (χ1) is 10.2. The van der Waals surface area contributed by atoms with E-state index in [0.717, 1.165) is 22.3 Å². The third-order valence-corrected chi connectivity index (χ3v) is 3.76. The van der Waals surface area contributed by atoms with Crippen molar-refractivity contribution in [1.82, 2.24) is 4.98 Å². The van der Waals surface area contributed by atoms with Crippen LogP contribution >= 0.6 is 0 Å². The summed E-state index contributed by atoms with van der Waals surface area (Å²) >= 11 is 0. The van der Waals surface area contributed by atoms with Crippen LogP contribution in [0.4, 0.5) is 11.4 Å². The molecule has 0 spiro atoms. The first-order valence-corrected chi connectivity index (χ1v) is 6.82. The van der Waals surface area contributed by atoms with Gasteiger partial charge in [0.25, 0.3) is 0 Å². The average Bonchev–Trinajstić information content (AvgIpc) is 2.52. The van der Waals surface area contributed by atoms with Gasteiger partial charge in [-0.15, -0.1) is 0 Å². The number of hydrogen-bond acceptors (Lipinski definition) is 3. The topological polar surface area (TPSA) is 48.7 Å². The van der Waals surface area contributed by atoms with Crippen LogP contribution in [-0.2, 0) is 0 Å². The highest BCUT2D eigenvalue weighted by molar-refractivity contribution is 5.95. The summed E-state index contributed by atoms with van der Waals surface area (Å²) in [6, 6.07) is 16.2. The van der Waals surface area contributed by atoms with Gasteiger partial charge < -0.3 is 5.32 Å². The maximum absolute atomic E-state index is 9.35. The second-order valence-electron chi connectivity index (χ2n) is 5.05. The summed E-state index contributed by atoms with van der Waals surface area (Å²) in [6.45, 7) is 4.16. The zero-order valence-electron chi connectivity index (χ0n) is 12.0. The molecule has 21 heavy (non-hydrogen) atoms. The zero-order valence-corrected chi connectivity index (χ0v) is 12.0. The normalized spacial score (nSPS) is 10.3. The van der Waals surface area contributed by atoms with E-state index in [1.165, 1.54) is 11.1 Å². The van der Waals surface area contributed by atoms with Crippen LogP contribution in [-0.4, -0.2) is 4.98 Å². The maximum atomic E-state index is 9.35. The molecule has 3 nitrogen and oxygen atoms in total. The molecule has 0 unspecified atom stereocenters. The molecule has 1 N–H and O–H groups in total. The molecule has 102 valence electrons. The number of aromatic nitrogens is 1. The summed E-state index contributed by atoms with van der Waals surface area (Å²) < 4.78 is 0. The number of nitriles is 1. The van der Waals surface area contributed by atoms with E-state index >= 15 is 0 Å².